The van der Waals surface area contributed by atoms with Crippen LogP contribution in [-0.2, 0) is 6.61 Å². The molecule has 27 heavy (non-hydrogen) atoms. The summed E-state index contributed by atoms with van der Waals surface area (Å²) in [4.78, 5) is 15.0. The number of rotatable bonds is 2. The fourth-order valence-electron chi connectivity index (χ4n) is 4.30. The van der Waals surface area contributed by atoms with Crippen molar-refractivity contribution in [1.29, 1.82) is 0 Å². The van der Waals surface area contributed by atoms with Gasteiger partial charge in [-0.15, -0.1) is 0 Å². The molecule has 3 aliphatic rings. The van der Waals surface area contributed by atoms with Gasteiger partial charge in [-0.2, -0.15) is 0 Å². The highest BCUT2D eigenvalue weighted by Crippen LogP contribution is 2.41. The van der Waals surface area contributed by atoms with Gasteiger partial charge < -0.3 is 25.8 Å². The van der Waals surface area contributed by atoms with E-state index < -0.39 is 0 Å². The van der Waals surface area contributed by atoms with Crippen LogP contribution in [0.1, 0.15) is 39.5 Å². The molecule has 0 bridgehead atoms. The zero-order chi connectivity index (χ0) is 18.5. The van der Waals surface area contributed by atoms with Crippen molar-refractivity contribution in [1.82, 2.24) is 5.32 Å². The molecular formula is C21H21N3O3. The van der Waals surface area contributed by atoms with Crippen LogP contribution >= 0.6 is 0 Å². The zero-order valence-electron chi connectivity index (χ0n) is 14.8. The number of hydrogen-bond donors (Lipinski definition) is 3. The minimum absolute atomic E-state index is 0.0546. The second-order valence-corrected chi connectivity index (χ2v) is 7.20. The molecule has 3 heterocycles. The van der Waals surface area contributed by atoms with Crippen LogP contribution in [-0.4, -0.2) is 30.3 Å². The lowest BCUT2D eigenvalue weighted by Gasteiger charge is -2.45. The van der Waals surface area contributed by atoms with E-state index in [2.05, 4.69) is 10.2 Å². The molecule has 0 unspecified atom stereocenters. The molecule has 1 amide bonds. The Morgan fingerprint density at radius 3 is 2.96 bits per heavy atom. The highest BCUT2D eigenvalue weighted by Gasteiger charge is 2.38. The Kier molecular flexibility index (Phi) is 3.70. The molecule has 5 rings (SSSR count). The second kappa shape index (κ2) is 6.11. The summed E-state index contributed by atoms with van der Waals surface area (Å²) < 4.78 is 5.94. The number of amides is 1. The summed E-state index contributed by atoms with van der Waals surface area (Å²) in [6, 6.07) is 11.4. The minimum atomic E-state index is -0.279. The summed E-state index contributed by atoms with van der Waals surface area (Å²) in [7, 11) is 0. The van der Waals surface area contributed by atoms with Crippen LogP contribution in [0.5, 0.6) is 5.75 Å². The molecule has 0 aliphatic carbocycles. The van der Waals surface area contributed by atoms with E-state index in [-0.39, 0.29) is 24.7 Å². The van der Waals surface area contributed by atoms with Gasteiger partial charge in [-0.05, 0) is 35.8 Å². The maximum Gasteiger partial charge on any atom is 0.255 e. The molecule has 2 atom stereocenters. The van der Waals surface area contributed by atoms with E-state index in [9.17, 15) is 9.90 Å². The molecule has 0 radical (unpaired) electrons. The monoisotopic (exact) mass is 363 g/mol. The predicted molar refractivity (Wildman–Crippen MR) is 102 cm³/mol. The topological polar surface area (TPSA) is 87.8 Å². The van der Waals surface area contributed by atoms with Crippen molar-refractivity contribution in [3.63, 3.8) is 0 Å². The van der Waals surface area contributed by atoms with Crippen molar-refractivity contribution in [3.05, 3.63) is 64.2 Å². The number of nitrogens with zero attached hydrogens (tertiary/aromatic N) is 1. The van der Waals surface area contributed by atoms with Crippen LogP contribution in [0, 0.1) is 0 Å². The first-order chi connectivity index (χ1) is 13.2. The Balaban J connectivity index is 1.61. The summed E-state index contributed by atoms with van der Waals surface area (Å²) in [5.41, 5.74) is 11.6. The third-order valence-electron chi connectivity index (χ3n) is 5.66. The lowest BCUT2D eigenvalue weighted by atomic mass is 9.90. The van der Waals surface area contributed by atoms with Crippen molar-refractivity contribution in [2.45, 2.75) is 25.2 Å². The van der Waals surface area contributed by atoms with Crippen LogP contribution in [0.4, 0.5) is 5.69 Å². The Labute approximate surface area is 157 Å². The highest BCUT2D eigenvalue weighted by molar-refractivity contribution is 6.03. The molecule has 6 heteroatoms. The van der Waals surface area contributed by atoms with E-state index in [1.165, 1.54) is 0 Å². The van der Waals surface area contributed by atoms with Crippen LogP contribution in [0.3, 0.4) is 0 Å². The van der Waals surface area contributed by atoms with Crippen molar-refractivity contribution < 1.29 is 14.6 Å². The quantitative estimate of drug-likeness (QED) is 0.759. The van der Waals surface area contributed by atoms with Crippen LogP contribution < -0.4 is 20.7 Å². The number of nitrogens with one attached hydrogen (secondary N) is 1. The first-order valence-corrected chi connectivity index (χ1v) is 9.19. The fourth-order valence-corrected chi connectivity index (χ4v) is 4.30. The molecule has 4 N–H and O–H groups in total. The van der Waals surface area contributed by atoms with E-state index in [0.717, 1.165) is 46.7 Å². The van der Waals surface area contributed by atoms with Crippen LogP contribution in [0.15, 0.2) is 42.0 Å². The summed E-state index contributed by atoms with van der Waals surface area (Å²) in [5.74, 6) is 0.665. The van der Waals surface area contributed by atoms with Gasteiger partial charge in [0.2, 0.25) is 0 Å². The third-order valence-corrected chi connectivity index (χ3v) is 5.66. The van der Waals surface area contributed by atoms with E-state index in [4.69, 9.17) is 10.5 Å². The molecule has 2 aromatic carbocycles. The summed E-state index contributed by atoms with van der Waals surface area (Å²) >= 11 is 0. The van der Waals surface area contributed by atoms with Gasteiger partial charge in [0.05, 0.1) is 17.9 Å². The van der Waals surface area contributed by atoms with Gasteiger partial charge in [0.25, 0.3) is 5.91 Å². The Hall–Kier alpha value is -2.83. The number of ether oxygens (including phenoxy) is 1. The zero-order valence-corrected chi connectivity index (χ0v) is 14.8. The number of fused-ring (bicyclic) bond motifs is 1. The summed E-state index contributed by atoms with van der Waals surface area (Å²) in [6.07, 6.45) is 2.59. The average Bonchev–Trinajstić information content (AvgIpc) is 2.71. The van der Waals surface area contributed by atoms with E-state index in [0.29, 0.717) is 12.2 Å². The Bertz CT molecular complexity index is 969. The number of aliphatic hydroxyl groups excluding tert-OH is 1. The molecule has 0 aromatic heterocycles. The first kappa shape index (κ1) is 16.4. The minimum Gasteiger partial charge on any atom is -0.488 e. The lowest BCUT2D eigenvalue weighted by Crippen LogP contribution is -2.57. The Morgan fingerprint density at radius 1 is 1.26 bits per heavy atom. The van der Waals surface area contributed by atoms with Gasteiger partial charge in [-0.3, -0.25) is 4.79 Å². The maximum atomic E-state index is 12.8. The van der Waals surface area contributed by atoms with Gasteiger partial charge in [0.1, 0.15) is 18.5 Å². The molecule has 0 fully saturated rings. The molecule has 0 spiro atoms. The average molecular weight is 363 g/mol. The van der Waals surface area contributed by atoms with Crippen molar-refractivity contribution >= 4 is 17.7 Å². The standard InChI is InChI=1S/C21H21N3O3/c22-17-7-8-24-19-14(17)4-2-5-15(19)21(26)23-20(24)13-9-16-12(10-25)3-1-6-18(16)27-11-13/h1-6,9,17,20,25H,7-8,10-11,22H2,(H,23,26)/t17-,20-/m0/s1. The number of anilines is 1. The van der Waals surface area contributed by atoms with Crippen molar-refractivity contribution in [2.24, 2.45) is 5.73 Å². The number of para-hydroxylation sites is 1. The normalized spacial score (nSPS) is 23.0. The fraction of sp³-hybridized carbons (Fsp3) is 0.286. The third kappa shape index (κ3) is 2.44. The Morgan fingerprint density at radius 2 is 2.11 bits per heavy atom. The highest BCUT2D eigenvalue weighted by atomic mass is 16.5. The maximum absolute atomic E-state index is 12.8. The van der Waals surface area contributed by atoms with E-state index in [1.54, 1.807) is 0 Å². The largest absolute Gasteiger partial charge is 0.488 e. The predicted octanol–water partition coefficient (Wildman–Crippen LogP) is 1.93. The second-order valence-electron chi connectivity index (χ2n) is 7.20. The summed E-state index contributed by atoms with van der Waals surface area (Å²) in [6.45, 7) is 1.10. The molecule has 6 nitrogen and oxygen atoms in total. The molecule has 0 saturated heterocycles. The van der Waals surface area contributed by atoms with Gasteiger partial charge in [0, 0.05) is 23.7 Å². The number of benzene rings is 2. The summed E-state index contributed by atoms with van der Waals surface area (Å²) in [5, 5.41) is 12.8. The molecule has 138 valence electrons. The number of carbonyl (C=O) groups excluding carboxylic acids is 1. The molecule has 0 saturated carbocycles. The van der Waals surface area contributed by atoms with E-state index in [1.807, 2.05) is 42.5 Å². The van der Waals surface area contributed by atoms with Crippen molar-refractivity contribution in [3.8, 4) is 5.75 Å². The van der Waals surface area contributed by atoms with Crippen LogP contribution in [0.2, 0.25) is 0 Å². The van der Waals surface area contributed by atoms with Gasteiger partial charge >= 0.3 is 0 Å². The first-order valence-electron chi connectivity index (χ1n) is 9.19. The molecular weight excluding hydrogens is 342 g/mol. The van der Waals surface area contributed by atoms with Gasteiger partial charge in [0.15, 0.2) is 0 Å². The number of carbonyl (C=O) groups is 1. The number of hydrogen-bond acceptors (Lipinski definition) is 5. The number of aliphatic hydroxyl groups is 1. The van der Waals surface area contributed by atoms with Crippen molar-refractivity contribution in [2.75, 3.05) is 18.1 Å². The van der Waals surface area contributed by atoms with Crippen LogP contribution in [0.25, 0.3) is 6.08 Å². The van der Waals surface area contributed by atoms with E-state index >= 15 is 0 Å². The molecule has 2 aromatic rings. The molecule has 3 aliphatic heterocycles. The van der Waals surface area contributed by atoms with Gasteiger partial charge in [-0.1, -0.05) is 24.3 Å². The lowest BCUT2D eigenvalue weighted by molar-refractivity contribution is 0.0930. The SMILES string of the molecule is N[C@H]1CCN2c3c(cccc31)C(=O)N[C@@H]2C1=Cc2c(CO)cccc2OC1. The smallest absolute Gasteiger partial charge is 0.255 e. The number of nitrogens with two attached hydrogens (primary N) is 1. The van der Waals surface area contributed by atoms with Gasteiger partial charge in [-0.25, -0.2) is 0 Å².